The van der Waals surface area contributed by atoms with E-state index in [4.69, 9.17) is 15.6 Å². The van der Waals surface area contributed by atoms with Crippen LogP contribution in [0.15, 0.2) is 0 Å². The smallest absolute Gasteiger partial charge is 0.306 e. The third-order valence-electron chi connectivity index (χ3n) is 2.68. The monoisotopic (exact) mass is 201 g/mol. The molecular formula is C10H19NO3. The molecule has 1 rings (SSSR count). The quantitative estimate of drug-likeness (QED) is 0.672. The predicted molar refractivity (Wildman–Crippen MR) is 53.0 cm³/mol. The van der Waals surface area contributed by atoms with Gasteiger partial charge in [-0.05, 0) is 38.6 Å². The van der Waals surface area contributed by atoms with Crippen LogP contribution < -0.4 is 5.73 Å². The van der Waals surface area contributed by atoms with Crippen LogP contribution in [-0.2, 0) is 9.53 Å². The van der Waals surface area contributed by atoms with Crippen LogP contribution in [0.25, 0.3) is 0 Å². The summed E-state index contributed by atoms with van der Waals surface area (Å²) < 4.78 is 5.42. The lowest BCUT2D eigenvalue weighted by molar-refractivity contribution is -0.143. The number of ether oxygens (including phenoxy) is 1. The lowest BCUT2D eigenvalue weighted by Gasteiger charge is -2.15. The topological polar surface area (TPSA) is 72.5 Å². The Balaban J connectivity index is 2.30. The van der Waals surface area contributed by atoms with Crippen LogP contribution in [0.4, 0.5) is 0 Å². The highest BCUT2D eigenvalue weighted by atomic mass is 16.5. The second-order valence-electron chi connectivity index (χ2n) is 3.84. The van der Waals surface area contributed by atoms with E-state index in [9.17, 15) is 4.79 Å². The number of carbonyl (C=O) groups is 1. The van der Waals surface area contributed by atoms with Crippen molar-refractivity contribution in [3.05, 3.63) is 0 Å². The van der Waals surface area contributed by atoms with Gasteiger partial charge in [-0.3, -0.25) is 4.79 Å². The molecule has 0 aromatic rings. The van der Waals surface area contributed by atoms with Crippen molar-refractivity contribution in [1.29, 1.82) is 0 Å². The van der Waals surface area contributed by atoms with Gasteiger partial charge in [-0.25, -0.2) is 0 Å². The Morgan fingerprint density at radius 3 is 2.93 bits per heavy atom. The number of carboxylic acids is 1. The van der Waals surface area contributed by atoms with Crippen LogP contribution in [0.5, 0.6) is 0 Å². The molecular weight excluding hydrogens is 182 g/mol. The molecule has 3 N–H and O–H groups in total. The van der Waals surface area contributed by atoms with Gasteiger partial charge >= 0.3 is 5.97 Å². The number of aliphatic carboxylic acids is 1. The van der Waals surface area contributed by atoms with Gasteiger partial charge in [0.2, 0.25) is 0 Å². The van der Waals surface area contributed by atoms with E-state index in [0.717, 1.165) is 25.9 Å². The number of nitrogens with two attached hydrogens (primary N) is 1. The van der Waals surface area contributed by atoms with E-state index in [0.29, 0.717) is 19.4 Å². The van der Waals surface area contributed by atoms with E-state index in [-0.39, 0.29) is 12.0 Å². The summed E-state index contributed by atoms with van der Waals surface area (Å²) in [4.78, 5) is 10.9. The minimum absolute atomic E-state index is 0.161. The Kier molecular flexibility index (Phi) is 4.90. The summed E-state index contributed by atoms with van der Waals surface area (Å²) in [5.41, 5.74) is 5.36. The van der Waals surface area contributed by atoms with Crippen molar-refractivity contribution >= 4 is 5.97 Å². The predicted octanol–water partition coefficient (Wildman–Crippen LogP) is 0.995. The SMILES string of the molecule is NCCCC(CC1CCCO1)C(=O)O. The maximum atomic E-state index is 10.9. The maximum absolute atomic E-state index is 10.9. The molecule has 4 nitrogen and oxygen atoms in total. The van der Waals surface area contributed by atoms with Crippen LogP contribution in [0, 0.1) is 5.92 Å². The number of carboxylic acid groups (broad SMARTS) is 1. The highest BCUT2D eigenvalue weighted by Gasteiger charge is 2.24. The number of hydrogen-bond acceptors (Lipinski definition) is 3. The summed E-state index contributed by atoms with van der Waals surface area (Å²) in [6.45, 7) is 1.35. The van der Waals surface area contributed by atoms with Gasteiger partial charge in [-0.15, -0.1) is 0 Å². The van der Waals surface area contributed by atoms with Crippen LogP contribution >= 0.6 is 0 Å². The van der Waals surface area contributed by atoms with Crippen molar-refractivity contribution < 1.29 is 14.6 Å². The second-order valence-corrected chi connectivity index (χ2v) is 3.84. The van der Waals surface area contributed by atoms with Crippen molar-refractivity contribution in [2.75, 3.05) is 13.2 Å². The number of hydrogen-bond donors (Lipinski definition) is 2. The largest absolute Gasteiger partial charge is 0.481 e. The molecule has 4 heteroatoms. The van der Waals surface area contributed by atoms with Crippen LogP contribution in [0.2, 0.25) is 0 Å². The van der Waals surface area contributed by atoms with Crippen molar-refractivity contribution in [1.82, 2.24) is 0 Å². The Labute approximate surface area is 84.4 Å². The Morgan fingerprint density at radius 2 is 2.43 bits per heavy atom. The van der Waals surface area contributed by atoms with Gasteiger partial charge in [0, 0.05) is 6.61 Å². The van der Waals surface area contributed by atoms with Crippen LogP contribution in [-0.4, -0.2) is 30.3 Å². The number of rotatable bonds is 6. The van der Waals surface area contributed by atoms with Gasteiger partial charge in [0.15, 0.2) is 0 Å². The Hall–Kier alpha value is -0.610. The molecule has 14 heavy (non-hydrogen) atoms. The van der Waals surface area contributed by atoms with Crippen molar-refractivity contribution in [3.63, 3.8) is 0 Å². The molecule has 0 amide bonds. The molecule has 2 atom stereocenters. The molecule has 0 bridgehead atoms. The fourth-order valence-corrected chi connectivity index (χ4v) is 1.85. The Morgan fingerprint density at radius 1 is 1.64 bits per heavy atom. The zero-order chi connectivity index (χ0) is 10.4. The lowest BCUT2D eigenvalue weighted by atomic mass is 9.95. The van der Waals surface area contributed by atoms with E-state index >= 15 is 0 Å². The Bertz CT molecular complexity index is 178. The first-order valence-electron chi connectivity index (χ1n) is 5.28. The third-order valence-corrected chi connectivity index (χ3v) is 2.68. The highest BCUT2D eigenvalue weighted by molar-refractivity contribution is 5.69. The first-order chi connectivity index (χ1) is 6.74. The van der Waals surface area contributed by atoms with E-state index in [2.05, 4.69) is 0 Å². The summed E-state index contributed by atoms with van der Waals surface area (Å²) in [6.07, 6.45) is 4.33. The summed E-state index contributed by atoms with van der Waals surface area (Å²) in [6, 6.07) is 0. The maximum Gasteiger partial charge on any atom is 0.306 e. The normalized spacial score (nSPS) is 23.6. The highest BCUT2D eigenvalue weighted by Crippen LogP contribution is 2.22. The fraction of sp³-hybridized carbons (Fsp3) is 0.900. The fourth-order valence-electron chi connectivity index (χ4n) is 1.85. The molecule has 0 aliphatic carbocycles. The van der Waals surface area contributed by atoms with E-state index in [1.807, 2.05) is 0 Å². The van der Waals surface area contributed by atoms with E-state index < -0.39 is 5.97 Å². The molecule has 1 aliphatic rings. The standard InChI is InChI=1S/C10H19NO3/c11-5-1-3-8(10(12)13)7-9-4-2-6-14-9/h8-9H,1-7,11H2,(H,12,13). The average molecular weight is 201 g/mol. The summed E-state index contributed by atoms with van der Waals surface area (Å²) in [7, 11) is 0. The molecule has 2 unspecified atom stereocenters. The molecule has 0 saturated carbocycles. The van der Waals surface area contributed by atoms with Crippen molar-refractivity contribution in [2.45, 2.75) is 38.2 Å². The summed E-state index contributed by atoms with van der Waals surface area (Å²) >= 11 is 0. The first-order valence-corrected chi connectivity index (χ1v) is 5.28. The van der Waals surface area contributed by atoms with Gasteiger partial charge in [0.1, 0.15) is 0 Å². The van der Waals surface area contributed by atoms with E-state index in [1.165, 1.54) is 0 Å². The van der Waals surface area contributed by atoms with Crippen molar-refractivity contribution in [3.8, 4) is 0 Å². The molecule has 1 saturated heterocycles. The zero-order valence-electron chi connectivity index (χ0n) is 8.45. The minimum atomic E-state index is -0.714. The van der Waals surface area contributed by atoms with Gasteiger partial charge in [0.05, 0.1) is 12.0 Å². The zero-order valence-corrected chi connectivity index (χ0v) is 8.45. The van der Waals surface area contributed by atoms with Crippen molar-refractivity contribution in [2.24, 2.45) is 11.7 Å². The molecule has 1 aliphatic heterocycles. The van der Waals surface area contributed by atoms with Gasteiger partial charge in [-0.1, -0.05) is 0 Å². The van der Waals surface area contributed by atoms with Gasteiger partial charge in [0.25, 0.3) is 0 Å². The molecule has 0 aromatic carbocycles. The molecule has 1 heterocycles. The van der Waals surface area contributed by atoms with Crippen LogP contribution in [0.3, 0.4) is 0 Å². The molecule has 82 valence electrons. The second kappa shape index (κ2) is 5.98. The molecule has 0 aromatic heterocycles. The average Bonchev–Trinajstić information content (AvgIpc) is 2.64. The van der Waals surface area contributed by atoms with E-state index in [1.54, 1.807) is 0 Å². The van der Waals surface area contributed by atoms with Gasteiger partial charge < -0.3 is 15.6 Å². The minimum Gasteiger partial charge on any atom is -0.481 e. The molecule has 0 spiro atoms. The van der Waals surface area contributed by atoms with Crippen LogP contribution in [0.1, 0.15) is 32.1 Å². The summed E-state index contributed by atoms with van der Waals surface area (Å²) in [5, 5.41) is 8.96. The first kappa shape index (κ1) is 11.5. The molecule has 0 radical (unpaired) electrons. The summed E-state index contributed by atoms with van der Waals surface area (Å²) in [5.74, 6) is -0.990. The van der Waals surface area contributed by atoms with Gasteiger partial charge in [-0.2, -0.15) is 0 Å². The third kappa shape index (κ3) is 3.64. The molecule has 1 fully saturated rings. The lowest BCUT2D eigenvalue weighted by Crippen LogP contribution is -2.21.